The van der Waals surface area contributed by atoms with Crippen LogP contribution >= 0.6 is 0 Å². The summed E-state index contributed by atoms with van der Waals surface area (Å²) in [6.07, 6.45) is 0. The lowest BCUT2D eigenvalue weighted by molar-refractivity contribution is 0.0946. The number of amides is 1. The average molecular weight is 318 g/mol. The zero-order valence-electron chi connectivity index (χ0n) is 14.3. The molecule has 0 saturated carbocycles. The summed E-state index contributed by atoms with van der Waals surface area (Å²) in [4.78, 5) is 16.7. The Kier molecular flexibility index (Phi) is 4.34. The van der Waals surface area contributed by atoms with E-state index in [0.717, 1.165) is 16.5 Å². The molecule has 122 valence electrons. The Morgan fingerprint density at radius 3 is 2.38 bits per heavy atom. The molecule has 0 aliphatic carbocycles. The van der Waals surface area contributed by atoms with Gasteiger partial charge in [0, 0.05) is 11.9 Å². The highest BCUT2D eigenvalue weighted by Crippen LogP contribution is 2.22. The van der Waals surface area contributed by atoms with Crippen molar-refractivity contribution in [3.63, 3.8) is 0 Å². The van der Waals surface area contributed by atoms with Crippen molar-refractivity contribution >= 4 is 16.8 Å². The standard InChI is InChI=1S/C21H22N2O/c1-21(2,3)17-11-8-15(9-12-17)14-22-20(24)19-13-10-16-6-4-5-7-18(16)23-19/h4-13H,14H2,1-3H3,(H,22,24). The zero-order valence-corrected chi connectivity index (χ0v) is 14.3. The maximum Gasteiger partial charge on any atom is 0.270 e. The molecule has 1 N–H and O–H groups in total. The second-order valence-corrected chi connectivity index (χ2v) is 7.02. The molecule has 1 aromatic heterocycles. The smallest absolute Gasteiger partial charge is 0.270 e. The third-order valence-corrected chi connectivity index (χ3v) is 4.10. The molecule has 3 nitrogen and oxygen atoms in total. The molecule has 3 aromatic rings. The van der Waals surface area contributed by atoms with E-state index in [4.69, 9.17) is 0 Å². The third kappa shape index (κ3) is 3.62. The summed E-state index contributed by atoms with van der Waals surface area (Å²) in [6.45, 7) is 7.07. The number of rotatable bonds is 3. The molecule has 0 saturated heterocycles. The van der Waals surface area contributed by atoms with Crippen LogP contribution in [0.4, 0.5) is 0 Å². The van der Waals surface area contributed by atoms with Gasteiger partial charge in [0.25, 0.3) is 5.91 Å². The monoisotopic (exact) mass is 318 g/mol. The molecule has 0 unspecified atom stereocenters. The van der Waals surface area contributed by atoms with Crippen molar-refractivity contribution in [2.45, 2.75) is 32.7 Å². The molecular formula is C21H22N2O. The Morgan fingerprint density at radius 1 is 0.958 bits per heavy atom. The molecule has 2 aromatic carbocycles. The van der Waals surface area contributed by atoms with E-state index in [9.17, 15) is 4.79 Å². The summed E-state index contributed by atoms with van der Waals surface area (Å²) in [7, 11) is 0. The van der Waals surface area contributed by atoms with Crippen molar-refractivity contribution in [3.8, 4) is 0 Å². The second kappa shape index (κ2) is 6.44. The molecule has 0 atom stereocenters. The van der Waals surface area contributed by atoms with Crippen LogP contribution in [-0.2, 0) is 12.0 Å². The van der Waals surface area contributed by atoms with Gasteiger partial charge < -0.3 is 5.32 Å². The summed E-state index contributed by atoms with van der Waals surface area (Å²) in [5.74, 6) is -0.152. The van der Waals surface area contributed by atoms with E-state index >= 15 is 0 Å². The SMILES string of the molecule is CC(C)(C)c1ccc(CNC(=O)c2ccc3ccccc3n2)cc1. The lowest BCUT2D eigenvalue weighted by atomic mass is 9.87. The molecule has 0 aliphatic heterocycles. The first kappa shape index (κ1) is 16.2. The number of hydrogen-bond donors (Lipinski definition) is 1. The minimum Gasteiger partial charge on any atom is -0.347 e. The van der Waals surface area contributed by atoms with Crippen LogP contribution < -0.4 is 5.32 Å². The normalized spacial score (nSPS) is 11.5. The van der Waals surface area contributed by atoms with Crippen molar-refractivity contribution in [2.24, 2.45) is 0 Å². The Hall–Kier alpha value is -2.68. The van der Waals surface area contributed by atoms with Crippen LogP contribution in [0.1, 0.15) is 42.4 Å². The number of aromatic nitrogens is 1. The number of para-hydroxylation sites is 1. The summed E-state index contributed by atoms with van der Waals surface area (Å²) in [5, 5.41) is 3.97. The van der Waals surface area contributed by atoms with Gasteiger partial charge in [-0.1, -0.05) is 69.3 Å². The highest BCUT2D eigenvalue weighted by atomic mass is 16.1. The number of nitrogens with zero attached hydrogens (tertiary/aromatic N) is 1. The predicted octanol–water partition coefficient (Wildman–Crippen LogP) is 4.46. The van der Waals surface area contributed by atoms with E-state index in [1.54, 1.807) is 6.07 Å². The topological polar surface area (TPSA) is 42.0 Å². The highest BCUT2D eigenvalue weighted by molar-refractivity contribution is 5.94. The average Bonchev–Trinajstić information content (AvgIpc) is 2.59. The molecular weight excluding hydrogens is 296 g/mol. The summed E-state index contributed by atoms with van der Waals surface area (Å²) < 4.78 is 0. The molecule has 3 rings (SSSR count). The number of hydrogen-bond acceptors (Lipinski definition) is 2. The van der Waals surface area contributed by atoms with Gasteiger partial charge in [-0.05, 0) is 28.7 Å². The van der Waals surface area contributed by atoms with Crippen molar-refractivity contribution < 1.29 is 4.79 Å². The van der Waals surface area contributed by atoms with E-state index in [-0.39, 0.29) is 11.3 Å². The van der Waals surface area contributed by atoms with Gasteiger partial charge in [0.1, 0.15) is 5.69 Å². The fourth-order valence-electron chi connectivity index (χ4n) is 2.59. The lowest BCUT2D eigenvalue weighted by Crippen LogP contribution is -2.23. The van der Waals surface area contributed by atoms with Gasteiger partial charge in [-0.15, -0.1) is 0 Å². The maximum absolute atomic E-state index is 12.3. The van der Waals surface area contributed by atoms with Gasteiger partial charge in [-0.3, -0.25) is 4.79 Å². The van der Waals surface area contributed by atoms with Gasteiger partial charge in [-0.2, -0.15) is 0 Å². The lowest BCUT2D eigenvalue weighted by Gasteiger charge is -2.19. The van der Waals surface area contributed by atoms with Crippen LogP contribution in [0.25, 0.3) is 10.9 Å². The molecule has 0 spiro atoms. The molecule has 1 amide bonds. The van der Waals surface area contributed by atoms with Crippen LogP contribution in [0, 0.1) is 0 Å². The predicted molar refractivity (Wildman–Crippen MR) is 98.1 cm³/mol. The van der Waals surface area contributed by atoms with E-state index < -0.39 is 0 Å². The number of carbonyl (C=O) groups is 1. The molecule has 1 heterocycles. The largest absolute Gasteiger partial charge is 0.347 e. The fourth-order valence-corrected chi connectivity index (χ4v) is 2.59. The number of pyridine rings is 1. The van der Waals surface area contributed by atoms with E-state index in [2.05, 4.69) is 55.3 Å². The Morgan fingerprint density at radius 2 is 1.67 bits per heavy atom. The van der Waals surface area contributed by atoms with E-state index in [0.29, 0.717) is 12.2 Å². The van der Waals surface area contributed by atoms with Crippen LogP contribution in [0.5, 0.6) is 0 Å². The summed E-state index contributed by atoms with van der Waals surface area (Å²) >= 11 is 0. The minimum absolute atomic E-state index is 0.136. The first-order valence-electron chi connectivity index (χ1n) is 8.17. The van der Waals surface area contributed by atoms with Gasteiger partial charge in [0.2, 0.25) is 0 Å². The number of benzene rings is 2. The van der Waals surface area contributed by atoms with Gasteiger partial charge in [0.15, 0.2) is 0 Å². The molecule has 0 aliphatic rings. The van der Waals surface area contributed by atoms with Crippen molar-refractivity contribution in [2.75, 3.05) is 0 Å². The van der Waals surface area contributed by atoms with Crippen LogP contribution in [0.2, 0.25) is 0 Å². The molecule has 24 heavy (non-hydrogen) atoms. The number of fused-ring (bicyclic) bond motifs is 1. The number of carbonyl (C=O) groups excluding carboxylic acids is 1. The first-order valence-corrected chi connectivity index (χ1v) is 8.17. The Balaban J connectivity index is 1.68. The van der Waals surface area contributed by atoms with E-state index in [1.165, 1.54) is 5.56 Å². The van der Waals surface area contributed by atoms with Gasteiger partial charge in [0.05, 0.1) is 5.52 Å². The van der Waals surface area contributed by atoms with Gasteiger partial charge in [-0.25, -0.2) is 4.98 Å². The summed E-state index contributed by atoms with van der Waals surface area (Å²) in [6, 6.07) is 19.8. The molecule has 0 bridgehead atoms. The molecule has 3 heteroatoms. The van der Waals surface area contributed by atoms with E-state index in [1.807, 2.05) is 30.3 Å². The Labute approximate surface area is 142 Å². The molecule has 0 radical (unpaired) electrons. The van der Waals surface area contributed by atoms with Crippen LogP contribution in [0.15, 0.2) is 60.7 Å². The summed E-state index contributed by atoms with van der Waals surface area (Å²) in [5.41, 5.74) is 3.78. The van der Waals surface area contributed by atoms with Crippen LogP contribution in [0.3, 0.4) is 0 Å². The first-order chi connectivity index (χ1) is 11.4. The molecule has 0 fully saturated rings. The van der Waals surface area contributed by atoms with Crippen molar-refractivity contribution in [1.29, 1.82) is 0 Å². The quantitative estimate of drug-likeness (QED) is 0.774. The van der Waals surface area contributed by atoms with Crippen molar-refractivity contribution in [1.82, 2.24) is 10.3 Å². The number of nitrogens with one attached hydrogen (secondary N) is 1. The maximum atomic E-state index is 12.3. The highest BCUT2D eigenvalue weighted by Gasteiger charge is 2.13. The fraction of sp³-hybridized carbons (Fsp3) is 0.238. The Bertz CT molecular complexity index is 861. The van der Waals surface area contributed by atoms with Gasteiger partial charge >= 0.3 is 0 Å². The zero-order chi connectivity index (χ0) is 17.2. The second-order valence-electron chi connectivity index (χ2n) is 7.02. The minimum atomic E-state index is -0.152. The van der Waals surface area contributed by atoms with Crippen LogP contribution in [-0.4, -0.2) is 10.9 Å². The third-order valence-electron chi connectivity index (χ3n) is 4.10. The van der Waals surface area contributed by atoms with Crippen molar-refractivity contribution in [3.05, 3.63) is 77.5 Å².